The molecule has 1 fully saturated rings. The Bertz CT molecular complexity index is 806. The van der Waals surface area contributed by atoms with E-state index in [0.29, 0.717) is 11.8 Å². The first-order chi connectivity index (χ1) is 13.0. The quantitative estimate of drug-likeness (QED) is 0.468. The molecule has 0 spiro atoms. The molecule has 1 aliphatic heterocycles. The molecule has 1 aliphatic rings. The monoisotopic (exact) mass is 363 g/mol. The van der Waals surface area contributed by atoms with Crippen LogP contribution in [0.1, 0.15) is 30.9 Å². The molecular formula is C22H29N5. The Hall–Kier alpha value is -2.66. The van der Waals surface area contributed by atoms with Gasteiger partial charge in [-0.05, 0) is 61.1 Å². The van der Waals surface area contributed by atoms with Gasteiger partial charge < -0.3 is 16.0 Å². The maximum Gasteiger partial charge on any atom is 0.122 e. The number of piperidine rings is 1. The summed E-state index contributed by atoms with van der Waals surface area (Å²) in [5.74, 6) is 1.47. The van der Waals surface area contributed by atoms with Crippen molar-refractivity contribution < 1.29 is 0 Å². The zero-order chi connectivity index (χ0) is 19.2. The minimum absolute atomic E-state index is 0.0962. The lowest BCUT2D eigenvalue weighted by molar-refractivity contribution is 0.258. The zero-order valence-electron chi connectivity index (χ0n) is 16.0. The lowest BCUT2D eigenvalue weighted by atomic mass is 9.96. The molecule has 2 aromatic carbocycles. The Morgan fingerprint density at radius 3 is 2.41 bits per heavy atom. The van der Waals surface area contributed by atoms with E-state index in [1.165, 1.54) is 5.56 Å². The van der Waals surface area contributed by atoms with Crippen molar-refractivity contribution >= 4 is 11.7 Å². The highest BCUT2D eigenvalue weighted by Gasteiger charge is 2.18. The first kappa shape index (κ1) is 19.1. The minimum Gasteiger partial charge on any atom is -0.384 e. The van der Waals surface area contributed by atoms with Crippen molar-refractivity contribution in [2.24, 2.45) is 11.7 Å². The highest BCUT2D eigenvalue weighted by Crippen LogP contribution is 2.22. The molecule has 27 heavy (non-hydrogen) atoms. The van der Waals surface area contributed by atoms with E-state index in [-0.39, 0.29) is 5.84 Å². The van der Waals surface area contributed by atoms with Gasteiger partial charge >= 0.3 is 0 Å². The van der Waals surface area contributed by atoms with Crippen LogP contribution in [-0.4, -0.2) is 36.2 Å². The van der Waals surface area contributed by atoms with Gasteiger partial charge in [-0.2, -0.15) is 0 Å². The number of rotatable bonds is 6. The van der Waals surface area contributed by atoms with Crippen LogP contribution in [0.4, 0.5) is 0 Å². The Kier molecular flexibility index (Phi) is 6.24. The van der Waals surface area contributed by atoms with Gasteiger partial charge in [-0.15, -0.1) is 0 Å². The van der Waals surface area contributed by atoms with E-state index < -0.39 is 0 Å². The van der Waals surface area contributed by atoms with Crippen molar-refractivity contribution in [3.05, 3.63) is 59.7 Å². The van der Waals surface area contributed by atoms with E-state index in [0.717, 1.165) is 55.7 Å². The molecule has 0 atom stereocenters. The second-order valence-electron chi connectivity index (χ2n) is 7.34. The molecule has 1 heterocycles. The molecule has 5 heteroatoms. The average Bonchev–Trinajstić information content (AvgIpc) is 2.69. The van der Waals surface area contributed by atoms with Gasteiger partial charge in [0.2, 0.25) is 0 Å². The van der Waals surface area contributed by atoms with Gasteiger partial charge in [-0.25, -0.2) is 0 Å². The van der Waals surface area contributed by atoms with Crippen molar-refractivity contribution in [1.82, 2.24) is 10.2 Å². The fourth-order valence-electron chi connectivity index (χ4n) is 3.62. The van der Waals surface area contributed by atoms with Crippen LogP contribution in [0.5, 0.6) is 0 Å². The molecule has 0 bridgehead atoms. The molecule has 5 N–H and O–H groups in total. The lowest BCUT2D eigenvalue weighted by Gasteiger charge is -2.32. The number of nitrogens with two attached hydrogens (primary N) is 1. The summed E-state index contributed by atoms with van der Waals surface area (Å²) in [4.78, 5) is 2.16. The maximum atomic E-state index is 7.72. The summed E-state index contributed by atoms with van der Waals surface area (Å²) in [5, 5.41) is 18.9. The molecule has 142 valence electrons. The van der Waals surface area contributed by atoms with Crippen molar-refractivity contribution in [3.8, 4) is 11.1 Å². The topological polar surface area (TPSA) is 89.0 Å². The van der Waals surface area contributed by atoms with Crippen LogP contribution in [0.2, 0.25) is 0 Å². The lowest BCUT2D eigenvalue weighted by Crippen LogP contribution is -2.39. The molecule has 3 rings (SSSR count). The Morgan fingerprint density at radius 2 is 1.74 bits per heavy atom. The molecule has 2 aromatic rings. The van der Waals surface area contributed by atoms with Gasteiger partial charge in [0.15, 0.2) is 0 Å². The minimum atomic E-state index is 0.0962. The van der Waals surface area contributed by atoms with E-state index in [1.54, 1.807) is 0 Å². The first-order valence-electron chi connectivity index (χ1n) is 9.57. The van der Waals surface area contributed by atoms with Crippen LogP contribution in [0.15, 0.2) is 48.5 Å². The van der Waals surface area contributed by atoms with Crippen LogP contribution in [0, 0.1) is 16.7 Å². The predicted octanol–water partition coefficient (Wildman–Crippen LogP) is 3.44. The fraction of sp³-hybridized carbons (Fsp3) is 0.364. The van der Waals surface area contributed by atoms with Crippen LogP contribution >= 0.6 is 0 Å². The summed E-state index contributed by atoms with van der Waals surface area (Å²) in [7, 11) is 0. The number of benzene rings is 2. The number of hydrogen-bond donors (Lipinski definition) is 4. The SMILES string of the molecule is CC(=N)N1CCC(CNCc2cccc(-c3cccc(C(=N)N)c3)c2)CC1. The summed E-state index contributed by atoms with van der Waals surface area (Å²) in [5.41, 5.74) is 9.85. The summed E-state index contributed by atoms with van der Waals surface area (Å²) in [6, 6.07) is 16.4. The van der Waals surface area contributed by atoms with Gasteiger partial charge in [-0.1, -0.05) is 36.4 Å². The van der Waals surface area contributed by atoms with Crippen LogP contribution in [0.3, 0.4) is 0 Å². The summed E-state index contributed by atoms with van der Waals surface area (Å²) in [6.45, 7) is 5.75. The number of nitrogen functional groups attached to an aromatic ring is 1. The number of nitrogens with zero attached hydrogens (tertiary/aromatic N) is 1. The van der Waals surface area contributed by atoms with E-state index in [1.807, 2.05) is 25.1 Å². The van der Waals surface area contributed by atoms with Crippen LogP contribution in [-0.2, 0) is 6.54 Å². The summed E-state index contributed by atoms with van der Waals surface area (Å²) < 4.78 is 0. The van der Waals surface area contributed by atoms with E-state index in [9.17, 15) is 0 Å². The third-order valence-electron chi connectivity index (χ3n) is 5.28. The van der Waals surface area contributed by atoms with Gasteiger partial charge in [-0.3, -0.25) is 10.8 Å². The molecule has 0 amide bonds. The fourth-order valence-corrected chi connectivity index (χ4v) is 3.62. The van der Waals surface area contributed by atoms with Crippen molar-refractivity contribution in [2.45, 2.75) is 26.3 Å². The Balaban J connectivity index is 1.55. The van der Waals surface area contributed by atoms with E-state index in [4.69, 9.17) is 16.6 Å². The number of likely N-dealkylation sites (tertiary alicyclic amines) is 1. The molecule has 1 saturated heterocycles. The van der Waals surface area contributed by atoms with Crippen LogP contribution in [0.25, 0.3) is 11.1 Å². The molecule has 0 aliphatic carbocycles. The van der Waals surface area contributed by atoms with Crippen LogP contribution < -0.4 is 11.1 Å². The zero-order valence-corrected chi connectivity index (χ0v) is 16.0. The number of amidine groups is 2. The second-order valence-corrected chi connectivity index (χ2v) is 7.34. The highest BCUT2D eigenvalue weighted by molar-refractivity contribution is 5.96. The summed E-state index contributed by atoms with van der Waals surface area (Å²) >= 11 is 0. The third kappa shape index (κ3) is 5.17. The molecule has 0 saturated carbocycles. The maximum absolute atomic E-state index is 7.72. The molecule has 0 unspecified atom stereocenters. The summed E-state index contributed by atoms with van der Waals surface area (Å²) in [6.07, 6.45) is 2.31. The Labute approximate surface area is 161 Å². The third-order valence-corrected chi connectivity index (χ3v) is 5.28. The van der Waals surface area contributed by atoms with E-state index >= 15 is 0 Å². The standard InChI is InChI=1S/C22H29N5/c1-16(23)27-10-8-17(9-11-27)14-26-15-18-4-2-5-19(12-18)20-6-3-7-21(13-20)22(24)25/h2-7,12-13,17,23,26H,8-11,14-15H2,1H3,(H3,24,25). The molecule has 0 radical (unpaired) electrons. The van der Waals surface area contributed by atoms with Gasteiger partial charge in [0, 0.05) is 25.2 Å². The van der Waals surface area contributed by atoms with Crippen molar-refractivity contribution in [3.63, 3.8) is 0 Å². The second kappa shape index (κ2) is 8.82. The van der Waals surface area contributed by atoms with Gasteiger partial charge in [0.05, 0.1) is 5.84 Å². The average molecular weight is 364 g/mol. The largest absolute Gasteiger partial charge is 0.384 e. The normalized spacial score (nSPS) is 14.9. The molecule has 5 nitrogen and oxygen atoms in total. The number of hydrogen-bond acceptors (Lipinski definition) is 3. The first-order valence-corrected chi connectivity index (χ1v) is 9.57. The predicted molar refractivity (Wildman–Crippen MR) is 112 cm³/mol. The van der Waals surface area contributed by atoms with E-state index in [2.05, 4.69) is 40.5 Å². The number of nitrogens with one attached hydrogen (secondary N) is 3. The van der Waals surface area contributed by atoms with Gasteiger partial charge in [0.25, 0.3) is 0 Å². The Morgan fingerprint density at radius 1 is 1.07 bits per heavy atom. The molecular weight excluding hydrogens is 334 g/mol. The smallest absolute Gasteiger partial charge is 0.122 e. The van der Waals surface area contributed by atoms with Crippen molar-refractivity contribution in [1.29, 1.82) is 10.8 Å². The van der Waals surface area contributed by atoms with Crippen molar-refractivity contribution in [2.75, 3.05) is 19.6 Å². The van der Waals surface area contributed by atoms with Gasteiger partial charge in [0.1, 0.15) is 5.84 Å². The molecule has 0 aromatic heterocycles. The highest BCUT2D eigenvalue weighted by atomic mass is 15.2.